The molecule has 1 atom stereocenters. The predicted molar refractivity (Wildman–Crippen MR) is 153 cm³/mol. The minimum atomic E-state index is -3.23. The maximum atomic E-state index is 13.9. The highest BCUT2D eigenvalue weighted by molar-refractivity contribution is 7.88. The van der Waals surface area contributed by atoms with Crippen LogP contribution in [0.2, 0.25) is 20.1 Å². The van der Waals surface area contributed by atoms with Gasteiger partial charge in [0.1, 0.15) is 0 Å². The molecule has 3 rings (SSSR count). The molecular formula is C26H33Cl4N3O3S. The molecule has 1 amide bonds. The van der Waals surface area contributed by atoms with Crippen molar-refractivity contribution >= 4 is 62.3 Å². The third kappa shape index (κ3) is 7.53. The van der Waals surface area contributed by atoms with Gasteiger partial charge in [0, 0.05) is 26.7 Å². The number of hydrogen-bond acceptors (Lipinski definition) is 4. The van der Waals surface area contributed by atoms with Gasteiger partial charge in [-0.3, -0.25) is 4.79 Å². The fourth-order valence-corrected chi connectivity index (χ4v) is 6.15. The number of hydrogen-bond donors (Lipinski definition) is 0. The lowest BCUT2D eigenvalue weighted by Gasteiger charge is -2.38. The SMILES string of the molecule is CN(Cc1ccc(Cl)c(Cl)c1)C(=O)C(C)(CCN1CCC(N(C)S(C)(=O)=O)CC1)c1ccc(Cl)c(Cl)c1. The van der Waals surface area contributed by atoms with Crippen molar-refractivity contribution in [2.75, 3.05) is 40.0 Å². The number of carbonyl (C=O) groups is 1. The zero-order valence-corrected chi connectivity index (χ0v) is 25.3. The quantitative estimate of drug-likeness (QED) is 0.352. The second kappa shape index (κ2) is 12.4. The first-order valence-electron chi connectivity index (χ1n) is 12.0. The number of carbonyl (C=O) groups excluding carboxylic acids is 1. The molecule has 1 fully saturated rings. The molecule has 1 aliphatic heterocycles. The average molecular weight is 609 g/mol. The van der Waals surface area contributed by atoms with Crippen LogP contribution < -0.4 is 0 Å². The first-order valence-corrected chi connectivity index (χ1v) is 15.4. The summed E-state index contributed by atoms with van der Waals surface area (Å²) in [6, 6.07) is 10.7. The first kappa shape index (κ1) is 30.5. The standard InChI is InChI=1S/C26H33Cl4N3O3S/c1-26(19-6-8-22(28)24(30)16-19,25(34)31(2)17-18-5-7-21(27)23(29)15-18)11-14-33-12-9-20(10-13-33)32(3)37(4,35)36/h5-8,15-16,20H,9-14,17H2,1-4H3. The fourth-order valence-electron chi connectivity index (χ4n) is 4.78. The van der Waals surface area contributed by atoms with E-state index in [4.69, 9.17) is 46.4 Å². The molecule has 0 aliphatic carbocycles. The third-order valence-corrected chi connectivity index (χ3v) is 10.1. The van der Waals surface area contributed by atoms with Gasteiger partial charge in [-0.05, 0) is 81.2 Å². The van der Waals surface area contributed by atoms with E-state index < -0.39 is 15.4 Å². The Morgan fingerprint density at radius 2 is 1.54 bits per heavy atom. The number of amides is 1. The van der Waals surface area contributed by atoms with E-state index >= 15 is 0 Å². The summed E-state index contributed by atoms with van der Waals surface area (Å²) in [5.74, 6) is -0.0522. The molecule has 2 aromatic carbocycles. The molecule has 11 heteroatoms. The molecule has 0 aromatic heterocycles. The first-order chi connectivity index (χ1) is 17.2. The van der Waals surface area contributed by atoms with E-state index in [1.54, 1.807) is 43.3 Å². The maximum absolute atomic E-state index is 13.9. The van der Waals surface area contributed by atoms with Crippen LogP contribution in [0.1, 0.15) is 37.3 Å². The van der Waals surface area contributed by atoms with Gasteiger partial charge in [-0.2, -0.15) is 0 Å². The lowest BCUT2D eigenvalue weighted by atomic mass is 9.77. The van der Waals surface area contributed by atoms with Crippen LogP contribution in [0.5, 0.6) is 0 Å². The summed E-state index contributed by atoms with van der Waals surface area (Å²) in [5.41, 5.74) is 0.804. The number of nitrogens with zero attached hydrogens (tertiary/aromatic N) is 3. The van der Waals surface area contributed by atoms with Gasteiger partial charge in [-0.1, -0.05) is 58.5 Å². The minimum Gasteiger partial charge on any atom is -0.341 e. The van der Waals surface area contributed by atoms with Crippen molar-refractivity contribution in [1.82, 2.24) is 14.1 Å². The maximum Gasteiger partial charge on any atom is 0.233 e. The molecule has 204 valence electrons. The molecule has 1 heterocycles. The van der Waals surface area contributed by atoms with Crippen molar-refractivity contribution in [2.45, 2.75) is 44.2 Å². The molecule has 37 heavy (non-hydrogen) atoms. The van der Waals surface area contributed by atoms with Crippen LogP contribution >= 0.6 is 46.4 Å². The predicted octanol–water partition coefficient (Wildman–Crippen LogP) is 5.96. The van der Waals surface area contributed by atoms with Gasteiger partial charge >= 0.3 is 0 Å². The van der Waals surface area contributed by atoms with Gasteiger partial charge in [0.15, 0.2) is 0 Å². The summed E-state index contributed by atoms with van der Waals surface area (Å²) < 4.78 is 25.3. The molecule has 0 radical (unpaired) electrons. The van der Waals surface area contributed by atoms with Gasteiger partial charge in [-0.15, -0.1) is 0 Å². The lowest BCUT2D eigenvalue weighted by molar-refractivity contribution is -0.136. The van der Waals surface area contributed by atoms with Crippen molar-refractivity contribution in [3.8, 4) is 0 Å². The molecule has 1 unspecified atom stereocenters. The molecule has 0 saturated carbocycles. The molecule has 0 bridgehead atoms. The minimum absolute atomic E-state index is 0.00771. The van der Waals surface area contributed by atoms with Crippen LogP contribution in [0, 0.1) is 0 Å². The third-order valence-electron chi connectivity index (χ3n) is 7.30. The molecular weight excluding hydrogens is 576 g/mol. The van der Waals surface area contributed by atoms with Gasteiger partial charge in [0.05, 0.1) is 31.8 Å². The van der Waals surface area contributed by atoms with E-state index in [1.165, 1.54) is 10.6 Å². The summed E-state index contributed by atoms with van der Waals surface area (Å²) in [6.07, 6.45) is 3.29. The highest BCUT2D eigenvalue weighted by Gasteiger charge is 2.38. The number of piperidine rings is 1. The van der Waals surface area contributed by atoms with Crippen LogP contribution in [-0.4, -0.2) is 74.5 Å². The van der Waals surface area contributed by atoms with Gasteiger partial charge in [0.25, 0.3) is 0 Å². The Balaban J connectivity index is 1.77. The lowest BCUT2D eigenvalue weighted by Crippen LogP contribution is -2.48. The molecule has 0 N–H and O–H groups in total. The monoisotopic (exact) mass is 607 g/mol. The van der Waals surface area contributed by atoms with Crippen molar-refractivity contribution in [3.05, 3.63) is 67.6 Å². The Morgan fingerprint density at radius 3 is 2.08 bits per heavy atom. The molecule has 2 aromatic rings. The van der Waals surface area contributed by atoms with Crippen molar-refractivity contribution in [3.63, 3.8) is 0 Å². The second-order valence-electron chi connectivity index (χ2n) is 9.97. The van der Waals surface area contributed by atoms with Crippen LogP contribution in [0.3, 0.4) is 0 Å². The number of halogens is 4. The van der Waals surface area contributed by atoms with Crippen LogP contribution in [0.15, 0.2) is 36.4 Å². The Labute approximate surface area is 240 Å². The number of likely N-dealkylation sites (N-methyl/N-ethyl adjacent to an activating group) is 1. The van der Waals surface area contributed by atoms with Gasteiger partial charge in [0.2, 0.25) is 15.9 Å². The molecule has 6 nitrogen and oxygen atoms in total. The number of sulfonamides is 1. The largest absolute Gasteiger partial charge is 0.341 e. The number of rotatable bonds is 9. The Kier molecular flexibility index (Phi) is 10.2. The van der Waals surface area contributed by atoms with Gasteiger partial charge in [-0.25, -0.2) is 12.7 Å². The van der Waals surface area contributed by atoms with Crippen molar-refractivity contribution in [2.24, 2.45) is 0 Å². The van der Waals surface area contributed by atoms with Crippen LogP contribution in [-0.2, 0) is 26.8 Å². The zero-order chi connectivity index (χ0) is 27.5. The summed E-state index contributed by atoms with van der Waals surface area (Å²) in [4.78, 5) is 17.9. The van der Waals surface area contributed by atoms with Crippen LogP contribution in [0.4, 0.5) is 0 Å². The van der Waals surface area contributed by atoms with E-state index in [0.717, 1.165) is 37.1 Å². The van der Waals surface area contributed by atoms with Crippen LogP contribution in [0.25, 0.3) is 0 Å². The molecule has 1 saturated heterocycles. The summed E-state index contributed by atoms with van der Waals surface area (Å²) in [7, 11) is 0.184. The average Bonchev–Trinajstić information content (AvgIpc) is 2.85. The zero-order valence-electron chi connectivity index (χ0n) is 21.5. The van der Waals surface area contributed by atoms with Crippen molar-refractivity contribution < 1.29 is 13.2 Å². The number of benzene rings is 2. The summed E-state index contributed by atoms with van der Waals surface area (Å²) in [5, 5.41) is 1.74. The summed E-state index contributed by atoms with van der Waals surface area (Å²) >= 11 is 24.8. The van der Waals surface area contributed by atoms with E-state index in [2.05, 4.69) is 4.90 Å². The van der Waals surface area contributed by atoms with Crippen molar-refractivity contribution in [1.29, 1.82) is 0 Å². The van der Waals surface area contributed by atoms with E-state index in [-0.39, 0.29) is 11.9 Å². The number of likely N-dealkylation sites (tertiary alicyclic amines) is 1. The molecule has 1 aliphatic rings. The topological polar surface area (TPSA) is 60.9 Å². The smallest absolute Gasteiger partial charge is 0.233 e. The summed E-state index contributed by atoms with van der Waals surface area (Å²) in [6.45, 7) is 4.50. The molecule has 0 spiro atoms. The normalized spacial score (nSPS) is 17.1. The Morgan fingerprint density at radius 1 is 0.973 bits per heavy atom. The Hall–Kier alpha value is -1.06. The highest BCUT2D eigenvalue weighted by atomic mass is 35.5. The van der Waals surface area contributed by atoms with E-state index in [0.29, 0.717) is 39.6 Å². The Bertz CT molecular complexity index is 1240. The van der Waals surface area contributed by atoms with E-state index in [1.807, 2.05) is 19.1 Å². The van der Waals surface area contributed by atoms with E-state index in [9.17, 15) is 13.2 Å². The highest BCUT2D eigenvalue weighted by Crippen LogP contribution is 2.35. The fraction of sp³-hybridized carbons (Fsp3) is 0.500. The second-order valence-corrected chi connectivity index (χ2v) is 13.6. The van der Waals surface area contributed by atoms with Gasteiger partial charge < -0.3 is 9.80 Å².